The Morgan fingerprint density at radius 2 is 1.18 bits per heavy atom. The molecule has 0 saturated carbocycles. The number of nitroso groups, excluding NO2 is 1. The highest BCUT2D eigenvalue weighted by Gasteiger charge is 2.53. The number of hydrogen-bond donors (Lipinski definition) is 1. The normalized spacial score (nSPS) is 19.4. The molecule has 1 radical (unpaired) electrons. The number of rotatable bonds is 9. The molecule has 0 aromatic heterocycles. The second-order valence-electron chi connectivity index (χ2n) is 18.0. The smallest absolute Gasteiger partial charge is 0.261 e. The zero-order valence-electron chi connectivity index (χ0n) is 32.7. The summed E-state index contributed by atoms with van der Waals surface area (Å²) in [5.41, 5.74) is 8.19. The van der Waals surface area contributed by atoms with Crippen LogP contribution in [0.4, 0.5) is 0 Å². The first kappa shape index (κ1) is 38.0. The van der Waals surface area contributed by atoms with E-state index in [1.54, 1.807) is 0 Å². The first-order valence-electron chi connectivity index (χ1n) is 18.5. The number of quaternary nitrogens is 1. The van der Waals surface area contributed by atoms with Crippen LogP contribution >= 0.6 is 0 Å². The molecule has 1 fully saturated rings. The zero-order valence-corrected chi connectivity index (χ0v) is 32.7. The highest BCUT2D eigenvalue weighted by molar-refractivity contribution is 5.76. The molecule has 2 aromatic carbocycles. The monoisotopic (exact) mass is 690 g/mol. The van der Waals surface area contributed by atoms with Gasteiger partial charge in [-0.2, -0.15) is 0 Å². The first-order valence-corrected chi connectivity index (χ1v) is 18.5. The van der Waals surface area contributed by atoms with Crippen LogP contribution in [0.25, 0.3) is 0 Å². The summed E-state index contributed by atoms with van der Waals surface area (Å²) < 4.78 is 1.17. The number of aliphatic imine (C=N–C) groups is 1. The van der Waals surface area contributed by atoms with Crippen LogP contribution in [0.3, 0.4) is 0 Å². The fraction of sp³-hybridized carbons (Fsp3) is 0.477. The van der Waals surface area contributed by atoms with E-state index >= 15 is 0 Å². The fourth-order valence-corrected chi connectivity index (χ4v) is 7.29. The van der Waals surface area contributed by atoms with Crippen molar-refractivity contribution in [1.82, 2.24) is 9.80 Å². The topological polar surface area (TPSA) is 75.4 Å². The Labute approximate surface area is 306 Å². The van der Waals surface area contributed by atoms with E-state index in [9.17, 15) is 10.0 Å². The molecule has 3 aliphatic rings. The third-order valence-electron chi connectivity index (χ3n) is 10.2. The lowest BCUT2D eigenvalue weighted by molar-refractivity contribution is -0.692. The molecule has 2 aromatic rings. The Morgan fingerprint density at radius 1 is 0.725 bits per heavy atom. The van der Waals surface area contributed by atoms with Gasteiger partial charge in [-0.25, -0.2) is 4.99 Å². The lowest BCUT2D eigenvalue weighted by atomic mass is 9.79. The molecular weight excluding hydrogens is 631 g/mol. The van der Waals surface area contributed by atoms with Crippen LogP contribution in [-0.4, -0.2) is 44.1 Å². The molecule has 0 amide bonds. The molecule has 3 aliphatic heterocycles. The summed E-state index contributed by atoms with van der Waals surface area (Å²) in [5.74, 6) is -0.160. The van der Waals surface area contributed by atoms with Gasteiger partial charge >= 0.3 is 0 Å². The lowest BCUT2D eigenvalue weighted by Crippen LogP contribution is -2.80. The van der Waals surface area contributed by atoms with Gasteiger partial charge in [0, 0.05) is 92.7 Å². The van der Waals surface area contributed by atoms with E-state index in [0.29, 0.717) is 12.8 Å². The van der Waals surface area contributed by atoms with Gasteiger partial charge in [0.25, 0.3) is 5.90 Å². The number of hydrogen-bond acceptors (Lipinski definition) is 4. The average Bonchev–Trinajstić information content (AvgIpc) is 3.04. The second-order valence-corrected chi connectivity index (χ2v) is 18.0. The van der Waals surface area contributed by atoms with Crippen LogP contribution in [-0.2, 0) is 35.6 Å². The predicted molar refractivity (Wildman–Crippen MR) is 208 cm³/mol. The van der Waals surface area contributed by atoms with Crippen molar-refractivity contribution >= 4 is 5.90 Å². The molecule has 51 heavy (non-hydrogen) atoms. The van der Waals surface area contributed by atoms with E-state index in [2.05, 4.69) is 124 Å². The van der Waals surface area contributed by atoms with Crippen LogP contribution in [0.2, 0.25) is 0 Å². The van der Waals surface area contributed by atoms with Crippen molar-refractivity contribution in [2.45, 2.75) is 130 Å². The highest BCUT2D eigenvalue weighted by atomic mass is 16.3. The number of nitrogens with two attached hydrogens (primary N) is 1. The van der Waals surface area contributed by atoms with E-state index in [1.165, 1.54) is 32.6 Å². The molecule has 2 N–H and O–H groups in total. The summed E-state index contributed by atoms with van der Waals surface area (Å²) in [6.07, 6.45) is 17.6. The summed E-state index contributed by atoms with van der Waals surface area (Å²) in [4.78, 5) is 21.2. The third-order valence-corrected chi connectivity index (χ3v) is 10.2. The Morgan fingerprint density at radius 3 is 1.67 bits per heavy atom. The van der Waals surface area contributed by atoms with Crippen LogP contribution in [0.1, 0.15) is 110 Å². The summed E-state index contributed by atoms with van der Waals surface area (Å²) in [6.45, 7) is 24.4. The molecule has 0 bridgehead atoms. The maximum Gasteiger partial charge on any atom is 0.261 e. The lowest BCUT2D eigenvalue weighted by Gasteiger charge is -2.34. The van der Waals surface area contributed by atoms with Gasteiger partial charge in [-0.1, -0.05) is 71.9 Å². The molecule has 3 heterocycles. The molecule has 7 heteroatoms. The van der Waals surface area contributed by atoms with Crippen LogP contribution in [0, 0.1) is 4.91 Å². The van der Waals surface area contributed by atoms with E-state index in [4.69, 9.17) is 0 Å². The summed E-state index contributed by atoms with van der Waals surface area (Å²) >= 11 is 0. The zero-order chi connectivity index (χ0) is 37.2. The molecule has 0 unspecified atom stereocenters. The van der Waals surface area contributed by atoms with Gasteiger partial charge < -0.3 is 15.1 Å². The molecule has 271 valence electrons. The van der Waals surface area contributed by atoms with Crippen molar-refractivity contribution < 1.29 is 15.2 Å². The van der Waals surface area contributed by atoms with Gasteiger partial charge in [-0.3, -0.25) is 5.11 Å². The minimum Gasteiger partial charge on any atom is -0.350 e. The SMILES string of the molecule is CC(C)(C)c1cc(C[NH2+]Cc2ccc(CN3C=CC(=C4C=CN(CC([O])=NC5CC(C)(C)[N+](=O)C(C)(C)C5)C=C4)C=C3)cc2)cc(C(C)(C)C)c1. The van der Waals surface area contributed by atoms with Gasteiger partial charge in [-0.05, 0) is 75.1 Å². The van der Waals surface area contributed by atoms with E-state index in [0.717, 1.165) is 30.8 Å². The Hall–Kier alpha value is -4.23. The van der Waals surface area contributed by atoms with Gasteiger partial charge in [0.2, 0.25) is 11.1 Å². The minimum atomic E-state index is -0.542. The summed E-state index contributed by atoms with van der Waals surface area (Å²) in [7, 11) is 0. The number of allylic oxidation sites excluding steroid dienone is 6. The minimum absolute atomic E-state index is 0.129. The van der Waals surface area contributed by atoms with Crippen molar-refractivity contribution in [2.24, 2.45) is 4.99 Å². The quantitative estimate of drug-likeness (QED) is 0.163. The molecule has 7 nitrogen and oxygen atoms in total. The number of benzene rings is 2. The van der Waals surface area contributed by atoms with Gasteiger partial charge in [0.1, 0.15) is 19.6 Å². The van der Waals surface area contributed by atoms with Gasteiger partial charge in [0.15, 0.2) is 0 Å². The summed E-state index contributed by atoms with van der Waals surface area (Å²) in [6, 6.07) is 16.0. The Bertz CT molecular complexity index is 1690. The van der Waals surface area contributed by atoms with E-state index in [-0.39, 0.29) is 29.3 Å². The van der Waals surface area contributed by atoms with Crippen LogP contribution in [0.15, 0.2) is 108 Å². The van der Waals surface area contributed by atoms with Crippen molar-refractivity contribution in [3.63, 3.8) is 0 Å². The summed E-state index contributed by atoms with van der Waals surface area (Å²) in [5, 5.41) is 15.2. The maximum absolute atomic E-state index is 12.8. The predicted octanol–water partition coefficient (Wildman–Crippen LogP) is 8.36. The maximum atomic E-state index is 12.8. The molecular formula is C44H60N5O2+2. The van der Waals surface area contributed by atoms with Gasteiger partial charge in [-0.15, -0.1) is 0 Å². The molecule has 0 aliphatic carbocycles. The van der Waals surface area contributed by atoms with Crippen LogP contribution in [0.5, 0.6) is 0 Å². The number of piperidine rings is 1. The Balaban J connectivity index is 1.10. The molecule has 1 saturated heterocycles. The third kappa shape index (κ3) is 9.97. The van der Waals surface area contributed by atoms with Crippen molar-refractivity contribution in [3.05, 3.63) is 135 Å². The first-order chi connectivity index (χ1) is 23.8. The van der Waals surface area contributed by atoms with Crippen molar-refractivity contribution in [3.8, 4) is 0 Å². The molecule has 0 atom stereocenters. The van der Waals surface area contributed by atoms with Gasteiger partial charge in [0.05, 0.1) is 6.04 Å². The Kier molecular flexibility index (Phi) is 11.0. The standard InChI is InChI=1S/C44H59N5O2/c1-41(2,3)37-23-34(24-38(25-37)42(4,5)6)29-45-28-32-11-13-33(14-12-32)30-47-19-15-35(16-20-47)36-17-21-48(22-18-36)31-40(50)46-39-26-43(7,8)49(51)44(9,10)27-39/h11-25,39,45H,26-31H2,1-10H3/q+1/p+1. The van der Waals surface area contributed by atoms with Crippen molar-refractivity contribution in [1.29, 1.82) is 0 Å². The average molecular weight is 691 g/mol. The molecule has 5 rings (SSSR count). The van der Waals surface area contributed by atoms with Crippen LogP contribution < -0.4 is 5.32 Å². The largest absolute Gasteiger partial charge is 0.350 e. The second kappa shape index (κ2) is 14.8. The van der Waals surface area contributed by atoms with E-state index < -0.39 is 11.1 Å². The highest BCUT2D eigenvalue weighted by Crippen LogP contribution is 2.36. The van der Waals surface area contributed by atoms with E-state index in [1.807, 2.05) is 57.1 Å². The number of nitrogens with zero attached hydrogens (tertiary/aromatic N) is 4. The van der Waals surface area contributed by atoms with Crippen molar-refractivity contribution in [2.75, 3.05) is 6.54 Å². The fourth-order valence-electron chi connectivity index (χ4n) is 7.29. The molecule has 0 spiro atoms.